The Bertz CT molecular complexity index is 1040. The number of fused-ring (bicyclic) bond motifs is 1. The molecule has 5 rings (SSSR count). The molecule has 0 radical (unpaired) electrons. The summed E-state index contributed by atoms with van der Waals surface area (Å²) in [6.45, 7) is 4.56. The van der Waals surface area contributed by atoms with E-state index in [0.717, 1.165) is 44.6 Å². The third-order valence-corrected chi connectivity index (χ3v) is 7.16. The number of rotatable bonds is 5. The van der Waals surface area contributed by atoms with Gasteiger partial charge >= 0.3 is 0 Å². The van der Waals surface area contributed by atoms with E-state index in [-0.39, 0.29) is 5.91 Å². The Morgan fingerprint density at radius 3 is 2.75 bits per heavy atom. The number of carbonyl (C=O) groups is 1. The normalized spacial score (nSPS) is 23.0. The van der Waals surface area contributed by atoms with Gasteiger partial charge in [-0.25, -0.2) is 0 Å². The molecule has 2 aromatic carbocycles. The van der Waals surface area contributed by atoms with Crippen LogP contribution in [-0.4, -0.2) is 67.3 Å². The molecule has 166 valence electrons. The van der Waals surface area contributed by atoms with E-state index in [1.807, 2.05) is 29.3 Å². The summed E-state index contributed by atoms with van der Waals surface area (Å²) in [5.41, 5.74) is 2.97. The number of ether oxygens (including phenoxy) is 1. The number of benzene rings is 2. The predicted molar refractivity (Wildman–Crippen MR) is 128 cm³/mol. The van der Waals surface area contributed by atoms with Crippen molar-refractivity contribution in [2.45, 2.75) is 24.8 Å². The summed E-state index contributed by atoms with van der Waals surface area (Å²) in [7, 11) is 0. The largest absolute Gasteiger partial charge is 0.487 e. The molecular weight excluding hydrogens is 422 g/mol. The van der Waals surface area contributed by atoms with Gasteiger partial charge in [0.05, 0.1) is 17.1 Å². The minimum Gasteiger partial charge on any atom is -0.487 e. The van der Waals surface area contributed by atoms with E-state index in [9.17, 15) is 4.79 Å². The summed E-state index contributed by atoms with van der Waals surface area (Å²) < 4.78 is 5.87. The Morgan fingerprint density at radius 2 is 1.94 bits per heavy atom. The topological polar surface area (TPSA) is 45.1 Å². The van der Waals surface area contributed by atoms with E-state index >= 15 is 0 Å². The number of hydrogen-bond acceptors (Lipinski definition) is 4. The Labute approximate surface area is 194 Å². The highest BCUT2D eigenvalue weighted by atomic mass is 35.5. The van der Waals surface area contributed by atoms with Crippen LogP contribution in [0.25, 0.3) is 0 Å². The van der Waals surface area contributed by atoms with Gasteiger partial charge in [0.25, 0.3) is 5.91 Å². The molecule has 0 N–H and O–H groups in total. The van der Waals surface area contributed by atoms with Crippen molar-refractivity contribution in [1.29, 1.82) is 0 Å². The monoisotopic (exact) mass is 449 g/mol. The van der Waals surface area contributed by atoms with Crippen molar-refractivity contribution in [3.8, 4) is 5.75 Å². The summed E-state index contributed by atoms with van der Waals surface area (Å²) >= 11 is 6.60. The highest BCUT2D eigenvalue weighted by Gasteiger charge is 2.35. The summed E-state index contributed by atoms with van der Waals surface area (Å²) in [4.78, 5) is 22.0. The Balaban J connectivity index is 1.23. The lowest BCUT2D eigenvalue weighted by atomic mass is 9.86. The Kier molecular flexibility index (Phi) is 6.28. The van der Waals surface area contributed by atoms with Crippen LogP contribution in [0.2, 0.25) is 5.02 Å². The number of nitrogens with zero attached hydrogens (tertiary/aromatic N) is 3. The molecule has 3 aliphatic heterocycles. The van der Waals surface area contributed by atoms with Crippen molar-refractivity contribution in [3.63, 3.8) is 0 Å². The van der Waals surface area contributed by atoms with Gasteiger partial charge < -0.3 is 9.64 Å². The molecule has 2 aromatic rings. The number of carbonyl (C=O) groups excluding carboxylic acids is 1. The lowest BCUT2D eigenvalue weighted by molar-refractivity contribution is 0.0329. The third-order valence-electron chi connectivity index (χ3n) is 6.77. The van der Waals surface area contributed by atoms with Crippen LogP contribution in [0.1, 0.15) is 34.7 Å². The quantitative estimate of drug-likeness (QED) is 0.678. The highest BCUT2D eigenvalue weighted by Crippen LogP contribution is 2.33. The average molecular weight is 450 g/mol. The van der Waals surface area contributed by atoms with Crippen molar-refractivity contribution in [2.75, 3.05) is 39.3 Å². The summed E-state index contributed by atoms with van der Waals surface area (Å²) in [5, 5.41) is 0.392. The van der Waals surface area contributed by atoms with Crippen molar-refractivity contribution in [2.24, 2.45) is 4.99 Å². The molecule has 0 aliphatic carbocycles. The smallest absolute Gasteiger partial charge is 0.255 e. The Morgan fingerprint density at radius 1 is 1.06 bits per heavy atom. The average Bonchev–Trinajstić information content (AvgIpc) is 3.37. The first-order valence-corrected chi connectivity index (χ1v) is 11.8. The zero-order valence-electron chi connectivity index (χ0n) is 18.1. The molecular formula is C26H28ClN3O2. The zero-order chi connectivity index (χ0) is 21.9. The molecule has 3 heterocycles. The highest BCUT2D eigenvalue weighted by molar-refractivity contribution is 6.35. The van der Waals surface area contributed by atoms with Crippen molar-refractivity contribution in [3.05, 3.63) is 76.3 Å². The molecule has 0 saturated carbocycles. The molecule has 3 aliphatic rings. The fraction of sp³-hybridized carbons (Fsp3) is 0.385. The van der Waals surface area contributed by atoms with Gasteiger partial charge in [0, 0.05) is 44.0 Å². The molecule has 5 nitrogen and oxygen atoms in total. The second kappa shape index (κ2) is 9.47. The van der Waals surface area contributed by atoms with E-state index in [0.29, 0.717) is 41.4 Å². The van der Waals surface area contributed by atoms with E-state index in [1.165, 1.54) is 5.56 Å². The van der Waals surface area contributed by atoms with Gasteiger partial charge in [-0.3, -0.25) is 14.7 Å². The molecule has 0 bridgehead atoms. The van der Waals surface area contributed by atoms with Crippen LogP contribution in [-0.2, 0) is 0 Å². The maximum atomic E-state index is 13.3. The second-order valence-corrected chi connectivity index (χ2v) is 9.14. The third kappa shape index (κ3) is 4.45. The lowest BCUT2D eigenvalue weighted by Crippen LogP contribution is -2.57. The predicted octanol–water partition coefficient (Wildman–Crippen LogP) is 4.43. The summed E-state index contributed by atoms with van der Waals surface area (Å²) in [6, 6.07) is 16.7. The van der Waals surface area contributed by atoms with Crippen LogP contribution >= 0.6 is 11.6 Å². The van der Waals surface area contributed by atoms with Gasteiger partial charge in [0.2, 0.25) is 0 Å². The van der Waals surface area contributed by atoms with Crippen LogP contribution in [0.15, 0.2) is 65.2 Å². The first kappa shape index (κ1) is 21.2. The molecule has 0 spiro atoms. The zero-order valence-corrected chi connectivity index (χ0v) is 18.9. The van der Waals surface area contributed by atoms with Crippen molar-refractivity contribution < 1.29 is 9.53 Å². The van der Waals surface area contributed by atoms with Crippen LogP contribution < -0.4 is 4.74 Å². The SMILES string of the molecule is O=C(c1cccc(OCC2=CCN=C2)c1Cl)N1CCN2C[C@@H](c3ccccc3)CC[C@@H]2C1. The summed E-state index contributed by atoms with van der Waals surface area (Å²) in [5.74, 6) is 1.12. The molecule has 32 heavy (non-hydrogen) atoms. The van der Waals surface area contributed by atoms with Gasteiger partial charge in [-0.05, 0) is 36.5 Å². The maximum absolute atomic E-state index is 13.3. The van der Waals surface area contributed by atoms with E-state index in [4.69, 9.17) is 16.3 Å². The van der Waals surface area contributed by atoms with Crippen molar-refractivity contribution in [1.82, 2.24) is 9.80 Å². The first-order chi connectivity index (χ1) is 15.7. The molecule has 2 saturated heterocycles. The van der Waals surface area contributed by atoms with Crippen LogP contribution in [0.3, 0.4) is 0 Å². The van der Waals surface area contributed by atoms with E-state index in [1.54, 1.807) is 6.07 Å². The molecule has 2 fully saturated rings. The number of halogens is 1. The molecule has 2 atom stereocenters. The lowest BCUT2D eigenvalue weighted by Gasteiger charge is -2.46. The van der Waals surface area contributed by atoms with Gasteiger partial charge in [-0.15, -0.1) is 0 Å². The Hall–Kier alpha value is -2.63. The van der Waals surface area contributed by atoms with Crippen molar-refractivity contribution >= 4 is 23.7 Å². The number of hydrogen-bond donors (Lipinski definition) is 0. The second-order valence-electron chi connectivity index (χ2n) is 8.76. The number of piperidine rings is 1. The van der Waals surface area contributed by atoms with Crippen LogP contribution in [0, 0.1) is 0 Å². The van der Waals surface area contributed by atoms with E-state index < -0.39 is 0 Å². The van der Waals surface area contributed by atoms with Gasteiger partial charge in [0.1, 0.15) is 12.4 Å². The minimum atomic E-state index is -0.00747. The van der Waals surface area contributed by atoms with E-state index in [2.05, 4.69) is 40.2 Å². The summed E-state index contributed by atoms with van der Waals surface area (Å²) in [6.07, 6.45) is 6.11. The number of amides is 1. The molecule has 1 amide bonds. The molecule has 0 aromatic heterocycles. The maximum Gasteiger partial charge on any atom is 0.255 e. The molecule has 0 unspecified atom stereocenters. The number of piperazine rings is 1. The minimum absolute atomic E-state index is 0.00747. The van der Waals surface area contributed by atoms with Gasteiger partial charge in [-0.2, -0.15) is 0 Å². The number of aliphatic imine (C=N–C) groups is 1. The standard InChI is InChI=1S/C26H28ClN3O2/c27-25-23(7-4-8-24(25)32-18-19-11-12-28-15-19)26(31)30-14-13-29-16-21(9-10-22(29)17-30)20-5-2-1-3-6-20/h1-8,11,15,21-22H,9-10,12-14,16-18H2/t21-,22+/m0/s1. The van der Waals surface area contributed by atoms with Gasteiger partial charge in [-0.1, -0.05) is 54.1 Å². The fourth-order valence-corrected chi connectivity index (χ4v) is 5.23. The fourth-order valence-electron chi connectivity index (χ4n) is 4.96. The first-order valence-electron chi connectivity index (χ1n) is 11.4. The van der Waals surface area contributed by atoms with Crippen LogP contribution in [0.5, 0.6) is 5.75 Å². The van der Waals surface area contributed by atoms with Crippen LogP contribution in [0.4, 0.5) is 0 Å². The van der Waals surface area contributed by atoms with Gasteiger partial charge in [0.15, 0.2) is 0 Å². The molecule has 6 heteroatoms.